The fraction of sp³-hybridized carbons (Fsp3) is 0.412. The van der Waals surface area contributed by atoms with Gasteiger partial charge in [-0.25, -0.2) is 8.42 Å². The third-order valence-electron chi connectivity index (χ3n) is 4.86. The number of rotatable bonds is 2. The summed E-state index contributed by atoms with van der Waals surface area (Å²) in [5, 5.41) is 0. The summed E-state index contributed by atoms with van der Waals surface area (Å²) in [4.78, 5) is 0.137. The molecule has 1 heterocycles. The fourth-order valence-electron chi connectivity index (χ4n) is 3.45. The van der Waals surface area contributed by atoms with E-state index in [1.807, 2.05) is 6.92 Å². The van der Waals surface area contributed by atoms with Crippen LogP contribution >= 0.6 is 0 Å². The molecule has 1 aromatic rings. The quantitative estimate of drug-likeness (QED) is 0.809. The molecule has 0 amide bonds. The molecule has 0 radical (unpaired) electrons. The maximum Gasteiger partial charge on any atom is 0.272 e. The molecule has 1 fully saturated rings. The molecule has 1 aliphatic carbocycles. The molecule has 6 heteroatoms. The van der Waals surface area contributed by atoms with E-state index in [0.29, 0.717) is 18.5 Å². The van der Waals surface area contributed by atoms with E-state index in [2.05, 4.69) is 0 Å². The van der Waals surface area contributed by atoms with Crippen LogP contribution in [0.2, 0.25) is 0 Å². The van der Waals surface area contributed by atoms with Crippen LogP contribution in [0.1, 0.15) is 31.7 Å². The van der Waals surface area contributed by atoms with Gasteiger partial charge in [-0.2, -0.15) is 8.78 Å². The van der Waals surface area contributed by atoms with Crippen LogP contribution in [0.25, 0.3) is 0 Å². The van der Waals surface area contributed by atoms with Crippen molar-refractivity contribution in [2.45, 2.75) is 38.0 Å². The van der Waals surface area contributed by atoms with Crippen molar-refractivity contribution >= 4 is 10.0 Å². The predicted octanol–water partition coefficient (Wildman–Crippen LogP) is 4.22. The lowest BCUT2D eigenvalue weighted by Gasteiger charge is -2.32. The molecular weight excluding hydrogens is 320 g/mol. The molecule has 0 saturated carbocycles. The van der Waals surface area contributed by atoms with Gasteiger partial charge < -0.3 is 0 Å². The highest BCUT2D eigenvalue weighted by atomic mass is 32.2. The third kappa shape index (κ3) is 2.49. The number of hydrogen-bond acceptors (Lipinski definition) is 2. The molecular formula is C17H19F2NO2S. The molecule has 1 aromatic carbocycles. The van der Waals surface area contributed by atoms with Crippen molar-refractivity contribution in [2.75, 3.05) is 6.54 Å². The third-order valence-corrected chi connectivity index (χ3v) is 6.63. The highest BCUT2D eigenvalue weighted by molar-refractivity contribution is 7.89. The van der Waals surface area contributed by atoms with Gasteiger partial charge in [-0.3, -0.25) is 4.31 Å². The van der Waals surface area contributed by atoms with Crippen molar-refractivity contribution in [2.24, 2.45) is 5.41 Å². The largest absolute Gasteiger partial charge is 0.272 e. The van der Waals surface area contributed by atoms with Gasteiger partial charge in [-0.1, -0.05) is 30.7 Å². The van der Waals surface area contributed by atoms with Gasteiger partial charge in [0.25, 0.3) is 16.1 Å². The Hall–Kier alpha value is -1.69. The molecule has 124 valence electrons. The highest BCUT2D eigenvalue weighted by Crippen LogP contribution is 2.53. The zero-order valence-corrected chi connectivity index (χ0v) is 14.0. The topological polar surface area (TPSA) is 37.4 Å². The normalized spacial score (nSPS) is 24.4. The van der Waals surface area contributed by atoms with Crippen LogP contribution in [0.15, 0.2) is 52.6 Å². The average molecular weight is 339 g/mol. The summed E-state index contributed by atoms with van der Waals surface area (Å²) < 4.78 is 53.8. The number of allylic oxidation sites excluding steroid dienone is 2. The van der Waals surface area contributed by atoms with Crippen molar-refractivity contribution in [1.29, 1.82) is 0 Å². The van der Waals surface area contributed by atoms with Crippen molar-refractivity contribution in [3.05, 3.63) is 53.3 Å². The molecule has 0 bridgehead atoms. The van der Waals surface area contributed by atoms with Crippen molar-refractivity contribution in [1.82, 2.24) is 4.31 Å². The van der Waals surface area contributed by atoms with E-state index in [0.717, 1.165) is 16.3 Å². The number of nitrogens with zero attached hydrogens (tertiary/aromatic N) is 1. The molecule has 3 rings (SSSR count). The van der Waals surface area contributed by atoms with E-state index < -0.39 is 21.5 Å². The Morgan fingerprint density at radius 3 is 2.48 bits per heavy atom. The minimum absolute atomic E-state index is 0.0702. The Morgan fingerprint density at radius 1 is 1.22 bits per heavy atom. The number of sulfonamides is 1. The first kappa shape index (κ1) is 16.2. The van der Waals surface area contributed by atoms with Crippen molar-refractivity contribution < 1.29 is 17.2 Å². The van der Waals surface area contributed by atoms with Crippen LogP contribution in [-0.4, -0.2) is 19.3 Å². The van der Waals surface area contributed by atoms with E-state index >= 15 is 0 Å². The van der Waals surface area contributed by atoms with E-state index in [1.54, 1.807) is 25.1 Å². The lowest BCUT2D eigenvalue weighted by molar-refractivity contribution is 0.351. The molecule has 2 aliphatic rings. The minimum Gasteiger partial charge on any atom is -0.265 e. The van der Waals surface area contributed by atoms with Gasteiger partial charge in [0.2, 0.25) is 0 Å². The lowest BCUT2D eigenvalue weighted by Crippen LogP contribution is -2.30. The summed E-state index contributed by atoms with van der Waals surface area (Å²) in [7, 11) is -3.83. The monoisotopic (exact) mass is 339 g/mol. The first-order chi connectivity index (χ1) is 10.8. The van der Waals surface area contributed by atoms with Gasteiger partial charge in [0.1, 0.15) is 0 Å². The van der Waals surface area contributed by atoms with Crippen LogP contribution in [0, 0.1) is 12.3 Å². The molecule has 0 aromatic heterocycles. The van der Waals surface area contributed by atoms with Crippen molar-refractivity contribution in [3.63, 3.8) is 0 Å². The molecule has 23 heavy (non-hydrogen) atoms. The first-order valence-electron chi connectivity index (χ1n) is 7.61. The van der Waals surface area contributed by atoms with E-state index in [4.69, 9.17) is 0 Å². The van der Waals surface area contributed by atoms with Gasteiger partial charge in [0.05, 0.1) is 11.4 Å². The number of halogens is 2. The molecule has 1 atom stereocenters. The second-order valence-electron chi connectivity index (χ2n) is 6.38. The zero-order chi connectivity index (χ0) is 16.8. The van der Waals surface area contributed by atoms with Crippen LogP contribution in [0.5, 0.6) is 0 Å². The summed E-state index contributed by atoms with van der Waals surface area (Å²) in [6.45, 7) is 3.32. The van der Waals surface area contributed by atoms with E-state index in [1.165, 1.54) is 12.1 Å². The standard InChI is InChI=1S/C17H19F2NO2S/c1-12-6-8-13(9-7-12)23(21,22)20-11-14(16(18)19)17(2)10-4-3-5-15(17)20/h5-9H,3-4,10-11H2,1-2H3. The van der Waals surface area contributed by atoms with Gasteiger partial charge in [-0.05, 0) is 38.3 Å². The van der Waals surface area contributed by atoms with Gasteiger partial charge in [-0.15, -0.1) is 0 Å². The molecule has 1 unspecified atom stereocenters. The molecule has 0 spiro atoms. The van der Waals surface area contributed by atoms with Crippen molar-refractivity contribution in [3.8, 4) is 0 Å². The molecule has 1 saturated heterocycles. The Bertz CT molecular complexity index is 792. The number of benzene rings is 1. The number of hydrogen-bond donors (Lipinski definition) is 0. The number of aryl methyl sites for hydroxylation is 1. The Morgan fingerprint density at radius 2 is 1.87 bits per heavy atom. The smallest absolute Gasteiger partial charge is 0.265 e. The van der Waals surface area contributed by atoms with Gasteiger partial charge >= 0.3 is 0 Å². The second-order valence-corrected chi connectivity index (χ2v) is 8.24. The molecule has 0 N–H and O–H groups in total. The Balaban J connectivity index is 2.11. The number of fused-ring (bicyclic) bond motifs is 1. The zero-order valence-electron chi connectivity index (χ0n) is 13.1. The lowest BCUT2D eigenvalue weighted by atomic mass is 9.75. The Labute approximate surface area is 135 Å². The average Bonchev–Trinajstić information content (AvgIpc) is 2.81. The summed E-state index contributed by atoms with van der Waals surface area (Å²) >= 11 is 0. The molecule has 3 nitrogen and oxygen atoms in total. The van der Waals surface area contributed by atoms with Gasteiger partial charge in [0, 0.05) is 16.7 Å². The maximum atomic E-state index is 13.4. The summed E-state index contributed by atoms with van der Waals surface area (Å²) in [5.74, 6) is 0. The summed E-state index contributed by atoms with van der Waals surface area (Å²) in [6.07, 6.45) is 2.08. The fourth-order valence-corrected chi connectivity index (χ4v) is 5.02. The minimum atomic E-state index is -3.83. The highest BCUT2D eigenvalue weighted by Gasteiger charge is 2.50. The summed E-state index contributed by atoms with van der Waals surface area (Å²) in [5.41, 5.74) is 0.489. The van der Waals surface area contributed by atoms with Gasteiger partial charge in [0.15, 0.2) is 0 Å². The van der Waals surface area contributed by atoms with Crippen LogP contribution < -0.4 is 0 Å². The van der Waals surface area contributed by atoms with Crippen LogP contribution in [0.4, 0.5) is 8.78 Å². The van der Waals surface area contributed by atoms with E-state index in [9.17, 15) is 17.2 Å². The SMILES string of the molecule is Cc1ccc(S(=O)(=O)N2CC(=C(F)F)C3(C)CCCC=C23)cc1. The van der Waals surface area contributed by atoms with Crippen LogP contribution in [0.3, 0.4) is 0 Å². The maximum absolute atomic E-state index is 13.4. The second kappa shape index (κ2) is 5.44. The Kier molecular flexibility index (Phi) is 3.83. The first-order valence-corrected chi connectivity index (χ1v) is 9.05. The summed E-state index contributed by atoms with van der Waals surface area (Å²) in [6, 6.07) is 6.48. The van der Waals surface area contributed by atoms with Crippen LogP contribution in [-0.2, 0) is 10.0 Å². The van der Waals surface area contributed by atoms with E-state index in [-0.39, 0.29) is 17.0 Å². The predicted molar refractivity (Wildman–Crippen MR) is 84.4 cm³/mol. The molecule has 1 aliphatic heterocycles.